The zero-order valence-corrected chi connectivity index (χ0v) is 11.1. The second kappa shape index (κ2) is 4.49. The molecule has 2 aromatic carbocycles. The van der Waals surface area contributed by atoms with Gasteiger partial charge in [-0.3, -0.25) is 0 Å². The predicted molar refractivity (Wildman–Crippen MR) is 78.2 cm³/mol. The van der Waals surface area contributed by atoms with E-state index in [2.05, 4.69) is 61.3 Å². The molecule has 1 aliphatic carbocycles. The molecule has 18 heavy (non-hydrogen) atoms. The SMILES string of the molecule is CCCN(C)c1cccc2c1Cc1ccccc1-2. The Morgan fingerprint density at radius 3 is 2.61 bits per heavy atom. The molecule has 92 valence electrons. The highest BCUT2D eigenvalue weighted by Crippen LogP contribution is 2.40. The summed E-state index contributed by atoms with van der Waals surface area (Å²) in [7, 11) is 2.20. The van der Waals surface area contributed by atoms with Crippen molar-refractivity contribution < 1.29 is 0 Å². The standard InChI is InChI=1S/C17H19N/c1-3-11-18(2)17-10-6-9-15-14-8-5-4-7-13(14)12-16(15)17/h4-10H,3,11-12H2,1-2H3. The molecular weight excluding hydrogens is 218 g/mol. The van der Waals surface area contributed by atoms with Crippen LogP contribution in [0.4, 0.5) is 5.69 Å². The zero-order valence-electron chi connectivity index (χ0n) is 11.1. The van der Waals surface area contributed by atoms with E-state index in [0.29, 0.717) is 0 Å². The molecule has 0 atom stereocenters. The zero-order chi connectivity index (χ0) is 12.5. The summed E-state index contributed by atoms with van der Waals surface area (Å²) in [6.45, 7) is 3.35. The summed E-state index contributed by atoms with van der Waals surface area (Å²) in [4.78, 5) is 2.38. The van der Waals surface area contributed by atoms with E-state index in [4.69, 9.17) is 0 Å². The molecule has 2 aromatic rings. The second-order valence-electron chi connectivity index (χ2n) is 5.06. The van der Waals surface area contributed by atoms with Gasteiger partial charge in [0.25, 0.3) is 0 Å². The van der Waals surface area contributed by atoms with Crippen molar-refractivity contribution in [3.05, 3.63) is 53.6 Å². The maximum atomic E-state index is 2.38. The Morgan fingerprint density at radius 2 is 1.78 bits per heavy atom. The van der Waals surface area contributed by atoms with Crippen LogP contribution in [-0.4, -0.2) is 13.6 Å². The fraction of sp³-hybridized carbons (Fsp3) is 0.294. The highest BCUT2D eigenvalue weighted by atomic mass is 15.1. The molecule has 0 amide bonds. The van der Waals surface area contributed by atoms with Gasteiger partial charge in [-0.15, -0.1) is 0 Å². The normalized spacial score (nSPS) is 12.1. The Bertz CT molecular complexity index is 572. The highest BCUT2D eigenvalue weighted by molar-refractivity contribution is 5.82. The first-order valence-corrected chi connectivity index (χ1v) is 6.72. The van der Waals surface area contributed by atoms with Crippen LogP contribution in [-0.2, 0) is 6.42 Å². The van der Waals surface area contributed by atoms with E-state index in [1.54, 1.807) is 0 Å². The van der Waals surface area contributed by atoms with Crippen molar-refractivity contribution in [1.29, 1.82) is 0 Å². The minimum atomic E-state index is 1.08. The van der Waals surface area contributed by atoms with Crippen LogP contribution >= 0.6 is 0 Å². The lowest BCUT2D eigenvalue weighted by molar-refractivity contribution is 0.848. The van der Waals surface area contributed by atoms with E-state index >= 15 is 0 Å². The van der Waals surface area contributed by atoms with Crippen molar-refractivity contribution in [2.24, 2.45) is 0 Å². The summed E-state index contributed by atoms with van der Waals surface area (Å²) in [5.74, 6) is 0. The lowest BCUT2D eigenvalue weighted by atomic mass is 10.0. The van der Waals surface area contributed by atoms with Crippen LogP contribution in [0.5, 0.6) is 0 Å². The Hall–Kier alpha value is -1.76. The molecule has 0 spiro atoms. The number of fused-ring (bicyclic) bond motifs is 3. The number of nitrogens with zero attached hydrogens (tertiary/aromatic N) is 1. The average molecular weight is 237 g/mol. The molecule has 0 saturated heterocycles. The number of benzene rings is 2. The second-order valence-corrected chi connectivity index (χ2v) is 5.06. The Morgan fingerprint density at radius 1 is 1.00 bits per heavy atom. The first kappa shape index (κ1) is 11.3. The molecule has 0 aromatic heterocycles. The summed E-state index contributed by atoms with van der Waals surface area (Å²) in [6.07, 6.45) is 2.27. The number of rotatable bonds is 3. The van der Waals surface area contributed by atoms with Gasteiger partial charge in [0.1, 0.15) is 0 Å². The van der Waals surface area contributed by atoms with Crippen molar-refractivity contribution >= 4 is 5.69 Å². The summed E-state index contributed by atoms with van der Waals surface area (Å²) < 4.78 is 0. The smallest absolute Gasteiger partial charge is 0.0405 e. The fourth-order valence-corrected chi connectivity index (χ4v) is 2.95. The van der Waals surface area contributed by atoms with Crippen molar-refractivity contribution in [2.75, 3.05) is 18.5 Å². The van der Waals surface area contributed by atoms with E-state index in [1.165, 1.54) is 34.4 Å². The van der Waals surface area contributed by atoms with Gasteiger partial charge >= 0.3 is 0 Å². The van der Waals surface area contributed by atoms with E-state index < -0.39 is 0 Å². The van der Waals surface area contributed by atoms with Crippen LogP contribution in [0.2, 0.25) is 0 Å². The van der Waals surface area contributed by atoms with Crippen molar-refractivity contribution in [3.63, 3.8) is 0 Å². The van der Waals surface area contributed by atoms with E-state index in [1.807, 2.05) is 0 Å². The molecule has 0 heterocycles. The lowest BCUT2D eigenvalue weighted by Crippen LogP contribution is -2.19. The summed E-state index contributed by atoms with van der Waals surface area (Å²) in [5, 5.41) is 0. The van der Waals surface area contributed by atoms with E-state index in [9.17, 15) is 0 Å². The van der Waals surface area contributed by atoms with Gasteiger partial charge in [0, 0.05) is 25.7 Å². The van der Waals surface area contributed by atoms with Gasteiger partial charge in [0.15, 0.2) is 0 Å². The molecule has 0 saturated carbocycles. The molecule has 0 radical (unpaired) electrons. The average Bonchev–Trinajstić information content (AvgIpc) is 2.77. The first-order valence-electron chi connectivity index (χ1n) is 6.72. The molecular formula is C17H19N. The minimum absolute atomic E-state index is 1.08. The lowest BCUT2D eigenvalue weighted by Gasteiger charge is -2.21. The topological polar surface area (TPSA) is 3.24 Å². The summed E-state index contributed by atoms with van der Waals surface area (Å²) >= 11 is 0. The van der Waals surface area contributed by atoms with Crippen molar-refractivity contribution in [2.45, 2.75) is 19.8 Å². The molecule has 1 aliphatic rings. The van der Waals surface area contributed by atoms with Gasteiger partial charge in [-0.2, -0.15) is 0 Å². The van der Waals surface area contributed by atoms with Gasteiger partial charge in [0.05, 0.1) is 0 Å². The number of hydrogen-bond acceptors (Lipinski definition) is 1. The molecule has 0 aliphatic heterocycles. The van der Waals surface area contributed by atoms with Crippen LogP contribution < -0.4 is 4.90 Å². The van der Waals surface area contributed by atoms with E-state index in [0.717, 1.165) is 13.0 Å². The Labute approximate surface area is 109 Å². The van der Waals surface area contributed by atoms with Gasteiger partial charge in [-0.25, -0.2) is 0 Å². The third kappa shape index (κ3) is 1.71. The molecule has 0 unspecified atom stereocenters. The molecule has 3 rings (SSSR count). The summed E-state index contributed by atoms with van der Waals surface area (Å²) in [6, 6.07) is 15.5. The van der Waals surface area contributed by atoms with Crippen molar-refractivity contribution in [3.8, 4) is 11.1 Å². The Kier molecular flexibility index (Phi) is 2.83. The van der Waals surface area contributed by atoms with Crippen LogP contribution in [0.3, 0.4) is 0 Å². The van der Waals surface area contributed by atoms with Crippen LogP contribution in [0.1, 0.15) is 24.5 Å². The van der Waals surface area contributed by atoms with Gasteiger partial charge < -0.3 is 4.90 Å². The van der Waals surface area contributed by atoms with Gasteiger partial charge in [0.2, 0.25) is 0 Å². The molecule has 1 nitrogen and oxygen atoms in total. The predicted octanol–water partition coefficient (Wildman–Crippen LogP) is 4.10. The van der Waals surface area contributed by atoms with Gasteiger partial charge in [-0.1, -0.05) is 43.3 Å². The van der Waals surface area contributed by atoms with Gasteiger partial charge in [-0.05, 0) is 34.7 Å². The minimum Gasteiger partial charge on any atom is -0.374 e. The number of hydrogen-bond donors (Lipinski definition) is 0. The van der Waals surface area contributed by atoms with Crippen molar-refractivity contribution in [1.82, 2.24) is 0 Å². The van der Waals surface area contributed by atoms with Crippen LogP contribution in [0.25, 0.3) is 11.1 Å². The van der Waals surface area contributed by atoms with Crippen LogP contribution in [0.15, 0.2) is 42.5 Å². The third-order valence-electron chi connectivity index (χ3n) is 3.80. The quantitative estimate of drug-likeness (QED) is 0.662. The Balaban J connectivity index is 2.08. The third-order valence-corrected chi connectivity index (χ3v) is 3.80. The summed E-state index contributed by atoms with van der Waals surface area (Å²) in [5.41, 5.74) is 7.19. The highest BCUT2D eigenvalue weighted by Gasteiger charge is 2.21. The number of anilines is 1. The maximum absolute atomic E-state index is 2.38. The molecule has 0 bridgehead atoms. The first-order chi connectivity index (χ1) is 8.81. The molecule has 0 fully saturated rings. The largest absolute Gasteiger partial charge is 0.374 e. The maximum Gasteiger partial charge on any atom is 0.0405 e. The van der Waals surface area contributed by atoms with Crippen LogP contribution in [0, 0.1) is 0 Å². The fourth-order valence-electron chi connectivity index (χ4n) is 2.95. The van der Waals surface area contributed by atoms with E-state index in [-0.39, 0.29) is 0 Å². The molecule has 0 N–H and O–H groups in total. The molecule has 1 heteroatoms. The monoisotopic (exact) mass is 237 g/mol.